The predicted octanol–water partition coefficient (Wildman–Crippen LogP) is 4.69. The maximum absolute atomic E-state index is 13.4. The van der Waals surface area contributed by atoms with Gasteiger partial charge in [0.05, 0.1) is 16.4 Å². The second-order valence-electron chi connectivity index (χ2n) is 7.14. The van der Waals surface area contributed by atoms with Crippen LogP contribution in [0.3, 0.4) is 0 Å². The molecule has 0 aromatic heterocycles. The van der Waals surface area contributed by atoms with E-state index in [2.05, 4.69) is 10.3 Å². The van der Waals surface area contributed by atoms with E-state index in [-0.39, 0.29) is 17.5 Å². The first-order chi connectivity index (χ1) is 14.9. The molecule has 2 amide bonds. The van der Waals surface area contributed by atoms with Gasteiger partial charge in [0.2, 0.25) is 5.91 Å². The van der Waals surface area contributed by atoms with Gasteiger partial charge >= 0.3 is 0 Å². The average Bonchev–Trinajstić information content (AvgIpc) is 2.87. The van der Waals surface area contributed by atoms with E-state index >= 15 is 0 Å². The molecule has 3 aromatic carbocycles. The lowest BCUT2D eigenvalue weighted by Crippen LogP contribution is -2.42. The maximum Gasteiger partial charge on any atom is 0.252 e. The van der Waals surface area contributed by atoms with Gasteiger partial charge in [0.25, 0.3) is 5.91 Å². The van der Waals surface area contributed by atoms with Crippen molar-refractivity contribution >= 4 is 40.5 Å². The molecule has 0 saturated heterocycles. The van der Waals surface area contributed by atoms with Crippen molar-refractivity contribution in [3.8, 4) is 0 Å². The van der Waals surface area contributed by atoms with E-state index in [0.717, 1.165) is 11.1 Å². The smallest absolute Gasteiger partial charge is 0.252 e. The third kappa shape index (κ3) is 4.34. The molecule has 1 aliphatic rings. The largest absolute Gasteiger partial charge is 0.324 e. The van der Waals surface area contributed by atoms with Gasteiger partial charge in [-0.05, 0) is 31.2 Å². The molecule has 0 unspecified atom stereocenters. The highest BCUT2D eigenvalue weighted by atomic mass is 35.5. The second kappa shape index (κ2) is 8.70. The Labute approximate surface area is 184 Å². The Kier molecular flexibility index (Phi) is 5.82. The number of halogens is 2. The Hall–Kier alpha value is -3.51. The molecule has 0 bridgehead atoms. The van der Waals surface area contributed by atoms with E-state index in [1.54, 1.807) is 13.0 Å². The van der Waals surface area contributed by atoms with E-state index < -0.39 is 17.8 Å². The third-order valence-electron chi connectivity index (χ3n) is 4.95. The molecule has 0 radical (unpaired) electrons. The Morgan fingerprint density at radius 2 is 1.81 bits per heavy atom. The van der Waals surface area contributed by atoms with Gasteiger partial charge in [-0.2, -0.15) is 0 Å². The van der Waals surface area contributed by atoms with Crippen molar-refractivity contribution in [1.29, 1.82) is 0 Å². The molecule has 0 spiro atoms. The van der Waals surface area contributed by atoms with Crippen LogP contribution >= 0.6 is 11.6 Å². The Morgan fingerprint density at radius 1 is 1.10 bits per heavy atom. The first-order valence-electron chi connectivity index (χ1n) is 9.73. The highest BCUT2D eigenvalue weighted by Crippen LogP contribution is 2.28. The number of rotatable bonds is 4. The normalized spacial score (nSPS) is 15.7. The van der Waals surface area contributed by atoms with Crippen molar-refractivity contribution in [3.05, 3.63) is 94.8 Å². The lowest BCUT2D eigenvalue weighted by atomic mass is 10.0. The second-order valence-corrected chi connectivity index (χ2v) is 7.55. The van der Waals surface area contributed by atoms with Crippen LogP contribution in [0.15, 0.2) is 77.8 Å². The Bertz CT molecular complexity index is 1180. The number of benzene rings is 3. The number of carbonyl (C=O) groups excluding carboxylic acids is 2. The number of para-hydroxylation sites is 1. The summed E-state index contributed by atoms with van der Waals surface area (Å²) < 4.78 is 13.4. The fourth-order valence-electron chi connectivity index (χ4n) is 3.48. The summed E-state index contributed by atoms with van der Waals surface area (Å²) >= 11 is 5.79. The summed E-state index contributed by atoms with van der Waals surface area (Å²) in [7, 11) is 0. The summed E-state index contributed by atoms with van der Waals surface area (Å²) in [4.78, 5) is 32.0. The predicted molar refractivity (Wildman–Crippen MR) is 120 cm³/mol. The third-order valence-corrected chi connectivity index (χ3v) is 5.24. The van der Waals surface area contributed by atoms with Crippen LogP contribution in [-0.4, -0.2) is 30.1 Å². The fraction of sp³-hybridized carbons (Fsp3) is 0.125. The average molecular weight is 436 g/mol. The van der Waals surface area contributed by atoms with Crippen LogP contribution in [-0.2, 0) is 9.59 Å². The Morgan fingerprint density at radius 3 is 2.55 bits per heavy atom. The number of hydrogen-bond donors (Lipinski definition) is 1. The molecular formula is C24H19ClFN3O2. The van der Waals surface area contributed by atoms with Crippen LogP contribution in [0.2, 0.25) is 5.02 Å². The van der Waals surface area contributed by atoms with Gasteiger partial charge in [-0.1, -0.05) is 60.1 Å². The van der Waals surface area contributed by atoms with Crippen LogP contribution in [0.4, 0.5) is 15.8 Å². The van der Waals surface area contributed by atoms with Gasteiger partial charge < -0.3 is 10.2 Å². The lowest BCUT2D eigenvalue weighted by molar-refractivity contribution is -0.122. The monoisotopic (exact) mass is 435 g/mol. The minimum Gasteiger partial charge on any atom is -0.324 e. The molecule has 0 aliphatic carbocycles. The molecule has 1 atom stereocenters. The molecule has 5 nitrogen and oxygen atoms in total. The van der Waals surface area contributed by atoms with Crippen molar-refractivity contribution < 1.29 is 14.0 Å². The molecule has 0 fully saturated rings. The first-order valence-corrected chi connectivity index (χ1v) is 10.1. The zero-order valence-electron chi connectivity index (χ0n) is 16.7. The standard InChI is InChI=1S/C24H19ClFN3O2/c1-15-24(31)29(14-22(30)28-17-11-12-20(26)19(25)13-17)21-10-6-5-9-18(21)23(27-15)16-7-3-2-4-8-16/h2-13,15H,14H2,1H3,(H,28,30)/t15-/m1/s1. The van der Waals surface area contributed by atoms with Crippen LogP contribution in [0.1, 0.15) is 18.1 Å². The molecule has 156 valence electrons. The number of aliphatic imine (C=N–C) groups is 1. The number of benzodiazepines with no additional fused rings is 1. The number of hydrogen-bond acceptors (Lipinski definition) is 3. The van der Waals surface area contributed by atoms with Crippen LogP contribution in [0.5, 0.6) is 0 Å². The molecular weight excluding hydrogens is 417 g/mol. The molecule has 1 N–H and O–H groups in total. The zero-order valence-corrected chi connectivity index (χ0v) is 17.4. The molecule has 3 aromatic rings. The number of fused-ring (bicyclic) bond motifs is 1. The lowest BCUT2D eigenvalue weighted by Gasteiger charge is -2.24. The highest BCUT2D eigenvalue weighted by molar-refractivity contribution is 6.31. The summed E-state index contributed by atoms with van der Waals surface area (Å²) in [6.07, 6.45) is 0. The van der Waals surface area contributed by atoms with Crippen LogP contribution in [0, 0.1) is 5.82 Å². The van der Waals surface area contributed by atoms with E-state index in [1.807, 2.05) is 48.5 Å². The van der Waals surface area contributed by atoms with Crippen molar-refractivity contribution in [2.45, 2.75) is 13.0 Å². The molecule has 31 heavy (non-hydrogen) atoms. The van der Waals surface area contributed by atoms with Crippen LogP contribution in [0.25, 0.3) is 0 Å². The minimum atomic E-state index is -0.671. The number of nitrogens with one attached hydrogen (secondary N) is 1. The molecule has 7 heteroatoms. The van der Waals surface area contributed by atoms with Gasteiger partial charge in [-0.15, -0.1) is 0 Å². The Balaban J connectivity index is 1.66. The molecule has 1 aliphatic heterocycles. The van der Waals surface area contributed by atoms with Crippen molar-refractivity contribution in [1.82, 2.24) is 0 Å². The van der Waals surface area contributed by atoms with Crippen LogP contribution < -0.4 is 10.2 Å². The van der Waals surface area contributed by atoms with E-state index in [1.165, 1.54) is 23.1 Å². The minimum absolute atomic E-state index is 0.0940. The summed E-state index contributed by atoms with van der Waals surface area (Å²) in [5.41, 5.74) is 3.31. The van der Waals surface area contributed by atoms with Gasteiger partial charge in [0.1, 0.15) is 18.4 Å². The molecule has 0 saturated carbocycles. The van der Waals surface area contributed by atoms with Gasteiger partial charge in [-0.3, -0.25) is 14.6 Å². The fourth-order valence-corrected chi connectivity index (χ4v) is 3.66. The highest BCUT2D eigenvalue weighted by Gasteiger charge is 2.30. The summed E-state index contributed by atoms with van der Waals surface area (Å²) in [5.74, 6) is -1.29. The summed E-state index contributed by atoms with van der Waals surface area (Å²) in [6.45, 7) is 1.49. The quantitative estimate of drug-likeness (QED) is 0.646. The van der Waals surface area contributed by atoms with Crippen molar-refractivity contribution in [3.63, 3.8) is 0 Å². The van der Waals surface area contributed by atoms with Gasteiger partial charge in [0, 0.05) is 16.8 Å². The first kappa shape index (κ1) is 20.8. The SMILES string of the molecule is C[C@H]1N=C(c2ccccc2)c2ccccc2N(CC(=O)Nc2ccc(F)c(Cl)c2)C1=O. The summed E-state index contributed by atoms with van der Waals surface area (Å²) in [6, 6.07) is 20.2. The van der Waals surface area contributed by atoms with E-state index in [9.17, 15) is 14.0 Å². The van der Waals surface area contributed by atoms with E-state index in [4.69, 9.17) is 11.6 Å². The number of amides is 2. The van der Waals surface area contributed by atoms with E-state index in [0.29, 0.717) is 17.1 Å². The van der Waals surface area contributed by atoms with Crippen molar-refractivity contribution in [2.24, 2.45) is 4.99 Å². The van der Waals surface area contributed by atoms with Crippen molar-refractivity contribution in [2.75, 3.05) is 16.8 Å². The number of anilines is 2. The zero-order chi connectivity index (χ0) is 22.0. The molecule has 1 heterocycles. The van der Waals surface area contributed by atoms with Gasteiger partial charge in [-0.25, -0.2) is 4.39 Å². The number of nitrogens with zero attached hydrogens (tertiary/aromatic N) is 2. The maximum atomic E-state index is 13.4. The topological polar surface area (TPSA) is 61.8 Å². The molecule has 4 rings (SSSR count). The summed E-state index contributed by atoms with van der Waals surface area (Å²) in [5, 5.41) is 2.57. The van der Waals surface area contributed by atoms with Gasteiger partial charge in [0.15, 0.2) is 0 Å². The number of carbonyl (C=O) groups is 2.